The van der Waals surface area contributed by atoms with E-state index < -0.39 is 0 Å². The van der Waals surface area contributed by atoms with Gasteiger partial charge >= 0.3 is 0 Å². The maximum Gasteiger partial charge on any atom is 0.249 e. The molecule has 132 valence electrons. The fourth-order valence-corrected chi connectivity index (χ4v) is 4.03. The highest BCUT2D eigenvalue weighted by molar-refractivity contribution is 6.00. The van der Waals surface area contributed by atoms with Crippen LogP contribution in [0.2, 0.25) is 0 Å². The van der Waals surface area contributed by atoms with Crippen molar-refractivity contribution in [3.05, 3.63) is 66.1 Å². The molecular formula is C22H23N3O. The van der Waals surface area contributed by atoms with Gasteiger partial charge in [0.15, 0.2) is 0 Å². The maximum absolute atomic E-state index is 12.0. The van der Waals surface area contributed by atoms with E-state index >= 15 is 0 Å². The van der Waals surface area contributed by atoms with E-state index in [9.17, 15) is 4.79 Å². The summed E-state index contributed by atoms with van der Waals surface area (Å²) in [5, 5.41) is 0. The minimum Gasteiger partial charge on any atom is -0.366 e. The predicted molar refractivity (Wildman–Crippen MR) is 104 cm³/mol. The molecule has 1 aliphatic rings. The summed E-state index contributed by atoms with van der Waals surface area (Å²) in [5.74, 6) is 0.108. The van der Waals surface area contributed by atoms with Crippen LogP contribution in [0.3, 0.4) is 0 Å². The maximum atomic E-state index is 12.0. The second-order valence-corrected chi connectivity index (χ2v) is 6.99. The minimum absolute atomic E-state index is 0.387. The Hall–Kier alpha value is -2.88. The van der Waals surface area contributed by atoms with Gasteiger partial charge < -0.3 is 10.7 Å². The van der Waals surface area contributed by atoms with Crippen molar-refractivity contribution in [2.45, 2.75) is 38.0 Å². The summed E-state index contributed by atoms with van der Waals surface area (Å²) in [6.45, 7) is 0. The lowest BCUT2D eigenvalue weighted by molar-refractivity contribution is 0.100. The SMILES string of the molecule is NC(=O)c1ccccc1-c1cc(-c2ccncc2)[nH]c1C1CCCCC1. The lowest BCUT2D eigenvalue weighted by Gasteiger charge is -2.22. The van der Waals surface area contributed by atoms with Crippen LogP contribution in [-0.4, -0.2) is 15.9 Å². The highest BCUT2D eigenvalue weighted by atomic mass is 16.1. The number of carbonyl (C=O) groups is 1. The van der Waals surface area contributed by atoms with Crippen LogP contribution in [0.25, 0.3) is 22.4 Å². The summed E-state index contributed by atoms with van der Waals surface area (Å²) < 4.78 is 0. The molecule has 0 spiro atoms. The first-order valence-corrected chi connectivity index (χ1v) is 9.26. The molecule has 0 unspecified atom stereocenters. The Kier molecular flexibility index (Phi) is 4.57. The molecule has 0 bridgehead atoms. The van der Waals surface area contributed by atoms with E-state index in [0.717, 1.165) is 22.4 Å². The van der Waals surface area contributed by atoms with E-state index in [1.807, 2.05) is 30.3 Å². The van der Waals surface area contributed by atoms with Crippen molar-refractivity contribution in [1.29, 1.82) is 0 Å². The zero-order chi connectivity index (χ0) is 17.9. The van der Waals surface area contributed by atoms with Gasteiger partial charge in [0, 0.05) is 40.5 Å². The number of nitrogens with one attached hydrogen (secondary N) is 1. The van der Waals surface area contributed by atoms with Gasteiger partial charge in [0.05, 0.1) is 0 Å². The van der Waals surface area contributed by atoms with Crippen LogP contribution in [0, 0.1) is 0 Å². The van der Waals surface area contributed by atoms with Crippen LogP contribution >= 0.6 is 0 Å². The van der Waals surface area contributed by atoms with Gasteiger partial charge in [-0.1, -0.05) is 37.5 Å². The van der Waals surface area contributed by atoms with Gasteiger partial charge in [-0.15, -0.1) is 0 Å². The number of primary amides is 1. The Bertz CT molecular complexity index is 908. The number of H-pyrrole nitrogens is 1. The van der Waals surface area contributed by atoms with Crippen molar-refractivity contribution in [3.63, 3.8) is 0 Å². The average molecular weight is 345 g/mol. The Morgan fingerprint density at radius 2 is 1.73 bits per heavy atom. The fraction of sp³-hybridized carbons (Fsp3) is 0.273. The summed E-state index contributed by atoms with van der Waals surface area (Å²) >= 11 is 0. The fourth-order valence-electron chi connectivity index (χ4n) is 4.03. The molecular weight excluding hydrogens is 322 g/mol. The highest BCUT2D eigenvalue weighted by Gasteiger charge is 2.23. The quantitative estimate of drug-likeness (QED) is 0.706. The van der Waals surface area contributed by atoms with E-state index in [-0.39, 0.29) is 5.91 Å². The molecule has 26 heavy (non-hydrogen) atoms. The van der Waals surface area contributed by atoms with Crippen molar-refractivity contribution in [2.75, 3.05) is 0 Å². The third-order valence-corrected chi connectivity index (χ3v) is 5.34. The first kappa shape index (κ1) is 16.6. The van der Waals surface area contributed by atoms with Gasteiger partial charge in [0.2, 0.25) is 5.91 Å². The van der Waals surface area contributed by atoms with E-state index in [0.29, 0.717) is 11.5 Å². The molecule has 4 nitrogen and oxygen atoms in total. The molecule has 1 aliphatic carbocycles. The third-order valence-electron chi connectivity index (χ3n) is 5.34. The number of hydrogen-bond acceptors (Lipinski definition) is 2. The second kappa shape index (κ2) is 7.16. The van der Waals surface area contributed by atoms with Gasteiger partial charge in [-0.25, -0.2) is 0 Å². The number of carbonyl (C=O) groups excluding carboxylic acids is 1. The first-order chi connectivity index (χ1) is 12.7. The van der Waals surface area contributed by atoms with Crippen molar-refractivity contribution in [3.8, 4) is 22.4 Å². The number of nitrogens with two attached hydrogens (primary N) is 1. The number of aromatic amines is 1. The minimum atomic E-state index is -0.387. The smallest absolute Gasteiger partial charge is 0.249 e. The van der Waals surface area contributed by atoms with Crippen LogP contribution < -0.4 is 5.73 Å². The number of pyridine rings is 1. The summed E-state index contributed by atoms with van der Waals surface area (Å²) in [5.41, 5.74) is 11.6. The van der Waals surface area contributed by atoms with Crippen LogP contribution in [0.15, 0.2) is 54.9 Å². The molecule has 2 aromatic heterocycles. The molecule has 0 saturated heterocycles. The molecule has 3 N–H and O–H groups in total. The number of rotatable bonds is 4. The monoisotopic (exact) mass is 345 g/mol. The van der Waals surface area contributed by atoms with E-state index in [1.165, 1.54) is 37.8 Å². The number of amides is 1. The molecule has 3 aromatic rings. The Morgan fingerprint density at radius 3 is 2.46 bits per heavy atom. The first-order valence-electron chi connectivity index (χ1n) is 9.26. The average Bonchev–Trinajstić information content (AvgIpc) is 3.14. The third kappa shape index (κ3) is 3.15. The second-order valence-electron chi connectivity index (χ2n) is 6.99. The lowest BCUT2D eigenvalue weighted by Crippen LogP contribution is -2.13. The molecule has 2 heterocycles. The zero-order valence-electron chi connectivity index (χ0n) is 14.7. The molecule has 0 atom stereocenters. The van der Waals surface area contributed by atoms with Crippen LogP contribution in [0.5, 0.6) is 0 Å². The van der Waals surface area contributed by atoms with Crippen molar-refractivity contribution in [2.24, 2.45) is 5.73 Å². The van der Waals surface area contributed by atoms with E-state index in [2.05, 4.69) is 16.0 Å². The number of hydrogen-bond donors (Lipinski definition) is 2. The zero-order valence-corrected chi connectivity index (χ0v) is 14.7. The predicted octanol–water partition coefficient (Wildman–Crippen LogP) is 4.89. The molecule has 4 rings (SSSR count). The largest absolute Gasteiger partial charge is 0.366 e. The van der Waals surface area contributed by atoms with Crippen molar-refractivity contribution in [1.82, 2.24) is 9.97 Å². The Balaban J connectivity index is 1.87. The summed E-state index contributed by atoms with van der Waals surface area (Å²) in [6.07, 6.45) is 9.78. The van der Waals surface area contributed by atoms with Gasteiger partial charge in [-0.3, -0.25) is 9.78 Å². The topological polar surface area (TPSA) is 71.8 Å². The normalized spacial score (nSPS) is 15.1. The van der Waals surface area contributed by atoms with Gasteiger partial charge in [0.25, 0.3) is 0 Å². The number of aromatic nitrogens is 2. The lowest BCUT2D eigenvalue weighted by atomic mass is 9.84. The molecule has 1 amide bonds. The van der Waals surface area contributed by atoms with Crippen LogP contribution in [0.4, 0.5) is 0 Å². The Morgan fingerprint density at radius 1 is 1.00 bits per heavy atom. The number of nitrogens with zero attached hydrogens (tertiary/aromatic N) is 1. The van der Waals surface area contributed by atoms with Crippen LogP contribution in [0.1, 0.15) is 54.1 Å². The molecule has 1 fully saturated rings. The summed E-state index contributed by atoms with van der Waals surface area (Å²) in [4.78, 5) is 19.7. The molecule has 1 saturated carbocycles. The standard InChI is InChI=1S/C22H23N3O/c23-22(26)18-9-5-4-8-17(18)19-14-20(15-10-12-24-13-11-15)25-21(19)16-6-2-1-3-7-16/h4-5,8-14,16,25H,1-3,6-7H2,(H2,23,26). The van der Waals surface area contributed by atoms with Crippen molar-refractivity contribution < 1.29 is 4.79 Å². The van der Waals surface area contributed by atoms with E-state index in [1.54, 1.807) is 18.5 Å². The van der Waals surface area contributed by atoms with Crippen LogP contribution in [-0.2, 0) is 0 Å². The molecule has 0 aliphatic heterocycles. The number of benzene rings is 1. The molecule has 4 heteroatoms. The molecule has 0 radical (unpaired) electrons. The highest BCUT2D eigenvalue weighted by Crippen LogP contribution is 2.40. The van der Waals surface area contributed by atoms with Crippen molar-refractivity contribution >= 4 is 5.91 Å². The van der Waals surface area contributed by atoms with E-state index in [4.69, 9.17) is 5.73 Å². The van der Waals surface area contributed by atoms with Gasteiger partial charge in [-0.05, 0) is 48.6 Å². The molecule has 1 aromatic carbocycles. The summed E-state index contributed by atoms with van der Waals surface area (Å²) in [7, 11) is 0. The Labute approximate surface area is 153 Å². The van der Waals surface area contributed by atoms with Gasteiger partial charge in [-0.2, -0.15) is 0 Å². The van der Waals surface area contributed by atoms with Gasteiger partial charge in [0.1, 0.15) is 0 Å². The summed E-state index contributed by atoms with van der Waals surface area (Å²) in [6, 6.07) is 13.8.